The molecule has 0 saturated heterocycles. The monoisotopic (exact) mass is 303 g/mol. The molecule has 2 rings (SSSR count). The van der Waals surface area contributed by atoms with Gasteiger partial charge in [-0.3, -0.25) is 4.79 Å². The topological polar surface area (TPSA) is 67.9 Å². The largest absolute Gasteiger partial charge is 0.381 e. The zero-order valence-corrected chi connectivity index (χ0v) is 12.7. The van der Waals surface area contributed by atoms with Crippen LogP contribution >= 0.6 is 11.3 Å². The number of anilines is 1. The van der Waals surface area contributed by atoms with Gasteiger partial charge in [0.2, 0.25) is 6.10 Å². The third-order valence-electron chi connectivity index (χ3n) is 2.90. The summed E-state index contributed by atoms with van der Waals surface area (Å²) < 4.78 is 0. The van der Waals surface area contributed by atoms with Crippen LogP contribution in [0, 0.1) is 0 Å². The van der Waals surface area contributed by atoms with E-state index in [1.54, 1.807) is 14.0 Å². The van der Waals surface area contributed by atoms with Crippen LogP contribution in [0.2, 0.25) is 0 Å². The van der Waals surface area contributed by atoms with Gasteiger partial charge in [-0.05, 0) is 30.5 Å². The van der Waals surface area contributed by atoms with Gasteiger partial charge in [0.05, 0.1) is 4.88 Å². The van der Waals surface area contributed by atoms with E-state index in [1.807, 2.05) is 47.8 Å². The van der Waals surface area contributed by atoms with E-state index < -0.39 is 6.10 Å². The first-order valence-electron chi connectivity index (χ1n) is 6.45. The minimum absolute atomic E-state index is 0.191. The van der Waals surface area contributed by atoms with Crippen LogP contribution in [0.25, 0.3) is 0 Å². The predicted octanol–water partition coefficient (Wildman–Crippen LogP) is 2.44. The number of rotatable bonds is 5. The second kappa shape index (κ2) is 6.90. The standard InChI is InChI=1S/C15H17N3O2S/c1-11(20-17-14(16)13-9-6-10-21-13)15(19)18(2)12-7-4-3-5-8-12/h3-11H,1-2H3,(H2,16,17). The maximum atomic E-state index is 12.2. The first-order valence-corrected chi connectivity index (χ1v) is 7.33. The quantitative estimate of drug-likeness (QED) is 0.524. The lowest BCUT2D eigenvalue weighted by Gasteiger charge is -2.20. The van der Waals surface area contributed by atoms with Crippen molar-refractivity contribution in [2.45, 2.75) is 13.0 Å². The molecule has 0 bridgehead atoms. The molecule has 0 radical (unpaired) electrons. The highest BCUT2D eigenvalue weighted by molar-refractivity contribution is 7.12. The summed E-state index contributed by atoms with van der Waals surface area (Å²) in [5, 5.41) is 5.72. The molecule has 1 aromatic carbocycles. The molecule has 1 aromatic heterocycles. The lowest BCUT2D eigenvalue weighted by molar-refractivity contribution is -0.128. The van der Waals surface area contributed by atoms with E-state index in [4.69, 9.17) is 10.6 Å². The van der Waals surface area contributed by atoms with Gasteiger partial charge in [0.25, 0.3) is 5.91 Å². The van der Waals surface area contributed by atoms with Crippen molar-refractivity contribution in [3.05, 3.63) is 52.7 Å². The molecule has 0 aliphatic heterocycles. The molecule has 0 aliphatic carbocycles. The number of oxime groups is 1. The molecule has 0 spiro atoms. The van der Waals surface area contributed by atoms with E-state index in [0.717, 1.165) is 10.6 Å². The molecule has 0 fully saturated rings. The minimum atomic E-state index is -0.714. The summed E-state index contributed by atoms with van der Waals surface area (Å²) in [6, 6.07) is 13.1. The Morgan fingerprint density at radius 2 is 2.00 bits per heavy atom. The highest BCUT2D eigenvalue weighted by Gasteiger charge is 2.20. The van der Waals surface area contributed by atoms with Crippen molar-refractivity contribution < 1.29 is 9.63 Å². The molecular weight excluding hydrogens is 286 g/mol. The normalized spacial score (nSPS) is 12.8. The lowest BCUT2D eigenvalue weighted by Crippen LogP contribution is -2.35. The second-order valence-electron chi connectivity index (χ2n) is 4.43. The van der Waals surface area contributed by atoms with Crippen molar-refractivity contribution in [3.8, 4) is 0 Å². The molecule has 2 N–H and O–H groups in total. The molecule has 1 atom stereocenters. The van der Waals surface area contributed by atoms with E-state index in [1.165, 1.54) is 16.2 Å². The summed E-state index contributed by atoms with van der Waals surface area (Å²) in [4.78, 5) is 19.8. The Bertz CT molecular complexity index is 611. The fourth-order valence-corrected chi connectivity index (χ4v) is 2.32. The summed E-state index contributed by atoms with van der Waals surface area (Å²) in [5.41, 5.74) is 6.58. The summed E-state index contributed by atoms with van der Waals surface area (Å²) >= 11 is 1.46. The van der Waals surface area contributed by atoms with Gasteiger partial charge in [0.15, 0.2) is 5.84 Å². The Hall–Kier alpha value is -2.34. The van der Waals surface area contributed by atoms with Crippen molar-refractivity contribution in [1.82, 2.24) is 0 Å². The van der Waals surface area contributed by atoms with E-state index in [9.17, 15) is 4.79 Å². The Morgan fingerprint density at radius 3 is 2.62 bits per heavy atom. The summed E-state index contributed by atoms with van der Waals surface area (Å²) in [7, 11) is 1.70. The minimum Gasteiger partial charge on any atom is -0.381 e. The van der Waals surface area contributed by atoms with Gasteiger partial charge in [-0.25, -0.2) is 0 Å². The van der Waals surface area contributed by atoms with Crippen molar-refractivity contribution >= 4 is 28.8 Å². The van der Waals surface area contributed by atoms with Crippen LogP contribution in [-0.4, -0.2) is 24.9 Å². The Labute approximate surface area is 127 Å². The molecule has 1 unspecified atom stereocenters. The predicted molar refractivity (Wildman–Crippen MR) is 85.4 cm³/mol. The van der Waals surface area contributed by atoms with E-state index in [2.05, 4.69) is 5.16 Å². The Kier molecular flexibility index (Phi) is 4.94. The van der Waals surface area contributed by atoms with Crippen LogP contribution in [0.4, 0.5) is 5.69 Å². The van der Waals surface area contributed by atoms with Gasteiger partial charge in [-0.15, -0.1) is 11.3 Å². The van der Waals surface area contributed by atoms with Gasteiger partial charge < -0.3 is 15.5 Å². The lowest BCUT2D eigenvalue weighted by atomic mass is 10.2. The number of carbonyl (C=O) groups excluding carboxylic acids is 1. The summed E-state index contributed by atoms with van der Waals surface area (Å²) in [6.07, 6.45) is -0.714. The maximum Gasteiger partial charge on any atom is 0.270 e. The molecular formula is C15H17N3O2S. The number of hydrogen-bond donors (Lipinski definition) is 1. The Balaban J connectivity index is 1.98. The van der Waals surface area contributed by atoms with Crippen molar-refractivity contribution in [2.75, 3.05) is 11.9 Å². The number of para-hydroxylation sites is 1. The smallest absolute Gasteiger partial charge is 0.270 e. The summed E-state index contributed by atoms with van der Waals surface area (Å²) in [6.45, 7) is 1.65. The number of amidine groups is 1. The average molecular weight is 303 g/mol. The van der Waals surface area contributed by atoms with Crippen LogP contribution in [-0.2, 0) is 9.63 Å². The number of nitrogens with two attached hydrogens (primary N) is 1. The third kappa shape index (κ3) is 3.82. The molecule has 1 amide bonds. The van der Waals surface area contributed by atoms with Crippen LogP contribution < -0.4 is 10.6 Å². The number of carbonyl (C=O) groups is 1. The first kappa shape index (κ1) is 15.1. The highest BCUT2D eigenvalue weighted by atomic mass is 32.1. The van der Waals surface area contributed by atoms with E-state index >= 15 is 0 Å². The molecule has 21 heavy (non-hydrogen) atoms. The van der Waals surface area contributed by atoms with Gasteiger partial charge in [0, 0.05) is 12.7 Å². The molecule has 5 nitrogen and oxygen atoms in total. The number of amides is 1. The third-order valence-corrected chi connectivity index (χ3v) is 3.80. The zero-order chi connectivity index (χ0) is 15.2. The first-order chi connectivity index (χ1) is 10.1. The van der Waals surface area contributed by atoms with Crippen LogP contribution in [0.3, 0.4) is 0 Å². The molecule has 2 aromatic rings. The summed E-state index contributed by atoms with van der Waals surface area (Å²) in [5.74, 6) is 0.0796. The van der Waals surface area contributed by atoms with Gasteiger partial charge >= 0.3 is 0 Å². The number of hydrogen-bond acceptors (Lipinski definition) is 4. The molecule has 0 aliphatic rings. The highest BCUT2D eigenvalue weighted by Crippen LogP contribution is 2.13. The number of likely N-dealkylation sites (N-methyl/N-ethyl adjacent to an activating group) is 1. The zero-order valence-electron chi connectivity index (χ0n) is 11.9. The number of thiophene rings is 1. The van der Waals surface area contributed by atoms with Crippen molar-refractivity contribution in [2.24, 2.45) is 10.9 Å². The van der Waals surface area contributed by atoms with Crippen LogP contribution in [0.15, 0.2) is 53.0 Å². The van der Waals surface area contributed by atoms with E-state index in [0.29, 0.717) is 0 Å². The van der Waals surface area contributed by atoms with Crippen LogP contribution in [0.5, 0.6) is 0 Å². The van der Waals surface area contributed by atoms with Crippen molar-refractivity contribution in [1.29, 1.82) is 0 Å². The number of nitrogens with zero attached hydrogens (tertiary/aromatic N) is 2. The fourth-order valence-electron chi connectivity index (χ4n) is 1.70. The molecule has 6 heteroatoms. The maximum absolute atomic E-state index is 12.2. The SMILES string of the molecule is CC(O/N=C(\N)c1cccs1)C(=O)N(C)c1ccccc1. The van der Waals surface area contributed by atoms with E-state index in [-0.39, 0.29) is 11.7 Å². The average Bonchev–Trinajstić information content (AvgIpc) is 3.06. The van der Waals surface area contributed by atoms with Gasteiger partial charge in [0.1, 0.15) is 0 Å². The van der Waals surface area contributed by atoms with Crippen molar-refractivity contribution in [3.63, 3.8) is 0 Å². The van der Waals surface area contributed by atoms with Crippen LogP contribution in [0.1, 0.15) is 11.8 Å². The Morgan fingerprint density at radius 1 is 1.29 bits per heavy atom. The van der Waals surface area contributed by atoms with Gasteiger partial charge in [-0.2, -0.15) is 0 Å². The molecule has 0 saturated carbocycles. The second-order valence-corrected chi connectivity index (χ2v) is 5.38. The van der Waals surface area contributed by atoms with Gasteiger partial charge in [-0.1, -0.05) is 29.4 Å². The fraction of sp³-hybridized carbons (Fsp3) is 0.200. The molecule has 1 heterocycles. The molecule has 110 valence electrons. The number of benzene rings is 1.